The second kappa shape index (κ2) is 7.56. The maximum Gasteiger partial charge on any atom is 0.262 e. The molecule has 0 radical (unpaired) electrons. The molecule has 1 heterocycles. The van der Waals surface area contributed by atoms with Crippen molar-refractivity contribution in [2.75, 3.05) is 32.1 Å². The summed E-state index contributed by atoms with van der Waals surface area (Å²) < 4.78 is 31.9. The van der Waals surface area contributed by atoms with E-state index < -0.39 is 10.0 Å². The number of methoxy groups -OCH3 is 1. The summed E-state index contributed by atoms with van der Waals surface area (Å²) in [5.41, 5.74) is 0.526. The van der Waals surface area contributed by atoms with Crippen LogP contribution in [-0.2, 0) is 14.8 Å². The number of nitrogens with zero attached hydrogens (tertiary/aromatic N) is 2. The summed E-state index contributed by atoms with van der Waals surface area (Å²) in [5.74, 6) is 0. The third kappa shape index (κ3) is 3.68. The number of aromatic nitrogens is 1. The monoisotopic (exact) mass is 301 g/mol. The van der Waals surface area contributed by atoms with Crippen molar-refractivity contribution < 1.29 is 13.2 Å². The van der Waals surface area contributed by atoms with E-state index in [9.17, 15) is 8.42 Å². The van der Waals surface area contributed by atoms with Gasteiger partial charge in [0.15, 0.2) is 5.03 Å². The molecule has 0 saturated carbocycles. The number of pyridine rings is 1. The Morgan fingerprint density at radius 1 is 1.45 bits per heavy atom. The number of likely N-dealkylation sites (N-methyl/N-ethyl adjacent to an activating group) is 1. The third-order valence-electron chi connectivity index (χ3n) is 2.90. The van der Waals surface area contributed by atoms with Crippen LogP contribution in [0.3, 0.4) is 0 Å². The third-order valence-corrected chi connectivity index (χ3v) is 4.95. The quantitative estimate of drug-likeness (QED) is 0.789. The van der Waals surface area contributed by atoms with Gasteiger partial charge in [0.2, 0.25) is 0 Å². The number of hydrogen-bond donors (Lipinski definition) is 1. The fraction of sp³-hybridized carbons (Fsp3) is 0.615. The van der Waals surface area contributed by atoms with E-state index >= 15 is 0 Å². The Morgan fingerprint density at radius 3 is 2.70 bits per heavy atom. The Labute approximate surface area is 121 Å². The van der Waals surface area contributed by atoms with Crippen LogP contribution in [0.25, 0.3) is 0 Å². The predicted octanol–water partition coefficient (Wildman–Crippen LogP) is 1.56. The molecule has 0 aliphatic rings. The van der Waals surface area contributed by atoms with E-state index in [-0.39, 0.29) is 11.1 Å². The average molecular weight is 301 g/mol. The topological polar surface area (TPSA) is 71.5 Å². The van der Waals surface area contributed by atoms with Crippen LogP contribution in [0.5, 0.6) is 0 Å². The Kier molecular flexibility index (Phi) is 6.38. The van der Waals surface area contributed by atoms with Crippen molar-refractivity contribution in [2.24, 2.45) is 0 Å². The zero-order valence-corrected chi connectivity index (χ0v) is 13.3. The van der Waals surface area contributed by atoms with E-state index in [1.165, 1.54) is 10.5 Å². The number of ether oxygens (including phenoxy) is 1. The van der Waals surface area contributed by atoms with Crippen molar-refractivity contribution in [1.82, 2.24) is 9.29 Å². The van der Waals surface area contributed by atoms with Gasteiger partial charge in [0.25, 0.3) is 10.0 Å². The highest BCUT2D eigenvalue weighted by molar-refractivity contribution is 7.89. The van der Waals surface area contributed by atoms with Crippen LogP contribution in [-0.4, -0.2) is 50.6 Å². The van der Waals surface area contributed by atoms with Gasteiger partial charge in [0.1, 0.15) is 0 Å². The van der Waals surface area contributed by atoms with E-state index in [1.807, 2.05) is 13.8 Å². The van der Waals surface area contributed by atoms with Gasteiger partial charge in [-0.2, -0.15) is 4.31 Å². The normalized spacial score (nSPS) is 13.4. The van der Waals surface area contributed by atoms with Gasteiger partial charge in [-0.15, -0.1) is 0 Å². The minimum Gasteiger partial charge on any atom is -0.383 e. The highest BCUT2D eigenvalue weighted by atomic mass is 32.2. The first-order valence-corrected chi connectivity index (χ1v) is 8.12. The molecule has 0 amide bonds. The van der Waals surface area contributed by atoms with Gasteiger partial charge < -0.3 is 10.1 Å². The Balaban J connectivity index is 3.20. The smallest absolute Gasteiger partial charge is 0.262 e. The largest absolute Gasteiger partial charge is 0.383 e. The number of rotatable bonds is 8. The van der Waals surface area contributed by atoms with Crippen molar-refractivity contribution in [1.29, 1.82) is 0 Å². The van der Waals surface area contributed by atoms with Crippen LogP contribution < -0.4 is 5.32 Å². The van der Waals surface area contributed by atoms with Crippen molar-refractivity contribution in [2.45, 2.75) is 31.8 Å². The van der Waals surface area contributed by atoms with Gasteiger partial charge in [-0.1, -0.05) is 6.92 Å². The molecule has 0 fully saturated rings. The summed E-state index contributed by atoms with van der Waals surface area (Å²) in [5, 5.41) is 3.09. The van der Waals surface area contributed by atoms with Gasteiger partial charge >= 0.3 is 0 Å². The number of hydrogen-bond acceptors (Lipinski definition) is 5. The first-order chi connectivity index (χ1) is 9.48. The second-order valence-corrected chi connectivity index (χ2v) is 6.21. The molecular weight excluding hydrogens is 278 g/mol. The van der Waals surface area contributed by atoms with Crippen LogP contribution >= 0.6 is 0 Å². The van der Waals surface area contributed by atoms with E-state index in [2.05, 4.69) is 10.3 Å². The number of anilines is 1. The van der Waals surface area contributed by atoms with E-state index in [0.29, 0.717) is 25.4 Å². The molecule has 7 heteroatoms. The lowest BCUT2D eigenvalue weighted by molar-refractivity contribution is 0.142. The Morgan fingerprint density at radius 2 is 2.15 bits per heavy atom. The standard InChI is InChI=1S/C13H23N3O3S/c1-5-14-12-8-7-9-15-13(12)20(17,18)16(6-2)11(3)10-19-4/h7-9,11,14H,5-6,10H2,1-4H3. The summed E-state index contributed by atoms with van der Waals surface area (Å²) in [6.07, 6.45) is 1.49. The summed E-state index contributed by atoms with van der Waals surface area (Å²) in [6.45, 7) is 6.88. The maximum atomic E-state index is 12.7. The molecule has 1 atom stereocenters. The molecule has 0 saturated heterocycles. The summed E-state index contributed by atoms with van der Waals surface area (Å²) in [6, 6.07) is 3.19. The first-order valence-electron chi connectivity index (χ1n) is 6.68. The lowest BCUT2D eigenvalue weighted by atomic mass is 10.4. The zero-order chi connectivity index (χ0) is 15.2. The van der Waals surface area contributed by atoms with Crippen molar-refractivity contribution in [3.8, 4) is 0 Å². The second-order valence-electron chi connectivity index (χ2n) is 4.40. The molecule has 1 N–H and O–H groups in total. The lowest BCUT2D eigenvalue weighted by Crippen LogP contribution is -2.41. The maximum absolute atomic E-state index is 12.7. The summed E-state index contributed by atoms with van der Waals surface area (Å²) >= 11 is 0. The minimum atomic E-state index is -3.65. The molecule has 0 bridgehead atoms. The Hall–Kier alpha value is -1.18. The molecule has 0 aliphatic carbocycles. The zero-order valence-electron chi connectivity index (χ0n) is 12.5. The highest BCUT2D eigenvalue weighted by Crippen LogP contribution is 2.23. The van der Waals surface area contributed by atoms with E-state index in [1.54, 1.807) is 26.2 Å². The Bertz CT molecular complexity index is 519. The van der Waals surface area contributed by atoms with Crippen molar-refractivity contribution in [3.05, 3.63) is 18.3 Å². The summed E-state index contributed by atoms with van der Waals surface area (Å²) in [7, 11) is -2.09. The predicted molar refractivity (Wildman–Crippen MR) is 79.3 cm³/mol. The average Bonchev–Trinajstić information content (AvgIpc) is 2.40. The van der Waals surface area contributed by atoms with Gasteiger partial charge in [0.05, 0.1) is 12.3 Å². The number of nitrogens with one attached hydrogen (secondary N) is 1. The first kappa shape index (κ1) is 16.9. The van der Waals surface area contributed by atoms with Gasteiger partial charge in [-0.3, -0.25) is 0 Å². The fourth-order valence-corrected chi connectivity index (χ4v) is 3.78. The van der Waals surface area contributed by atoms with E-state index in [0.717, 1.165) is 0 Å². The molecule has 1 unspecified atom stereocenters. The fourth-order valence-electron chi connectivity index (χ4n) is 2.08. The highest BCUT2D eigenvalue weighted by Gasteiger charge is 2.30. The van der Waals surface area contributed by atoms with Crippen LogP contribution in [0, 0.1) is 0 Å². The molecule has 0 aromatic carbocycles. The van der Waals surface area contributed by atoms with Crippen LogP contribution in [0.4, 0.5) is 5.69 Å². The lowest BCUT2D eigenvalue weighted by Gasteiger charge is -2.27. The van der Waals surface area contributed by atoms with Crippen LogP contribution in [0.1, 0.15) is 20.8 Å². The molecular formula is C13H23N3O3S. The molecule has 6 nitrogen and oxygen atoms in total. The van der Waals surface area contributed by atoms with Crippen LogP contribution in [0.2, 0.25) is 0 Å². The molecule has 114 valence electrons. The van der Waals surface area contributed by atoms with Gasteiger partial charge in [-0.05, 0) is 26.0 Å². The molecule has 1 aromatic heterocycles. The number of sulfonamides is 1. The molecule has 20 heavy (non-hydrogen) atoms. The SMILES string of the molecule is CCNc1cccnc1S(=O)(=O)N(CC)C(C)COC. The molecule has 1 rings (SSSR count). The van der Waals surface area contributed by atoms with E-state index in [4.69, 9.17) is 4.74 Å². The molecule has 0 aliphatic heterocycles. The van der Waals surface area contributed by atoms with Crippen molar-refractivity contribution in [3.63, 3.8) is 0 Å². The van der Waals surface area contributed by atoms with Gasteiger partial charge in [-0.25, -0.2) is 13.4 Å². The molecule has 1 aromatic rings. The molecule has 0 spiro atoms. The summed E-state index contributed by atoms with van der Waals surface area (Å²) in [4.78, 5) is 4.05. The minimum absolute atomic E-state index is 0.0617. The van der Waals surface area contributed by atoms with Crippen LogP contribution in [0.15, 0.2) is 23.4 Å². The van der Waals surface area contributed by atoms with Gasteiger partial charge in [0, 0.05) is 32.4 Å². The van der Waals surface area contributed by atoms with Crippen molar-refractivity contribution >= 4 is 15.7 Å².